The van der Waals surface area contributed by atoms with Gasteiger partial charge < -0.3 is 10.0 Å². The molecular weight excluding hydrogens is 234 g/mol. The Morgan fingerprint density at radius 2 is 1.84 bits per heavy atom. The van der Waals surface area contributed by atoms with Crippen LogP contribution in [-0.4, -0.2) is 18.2 Å². The summed E-state index contributed by atoms with van der Waals surface area (Å²) in [6.07, 6.45) is 4.20. The summed E-state index contributed by atoms with van der Waals surface area (Å²) in [6.45, 7) is 8.95. The molecule has 1 aliphatic heterocycles. The molecule has 1 aromatic carbocycles. The maximum absolute atomic E-state index is 10.2. The van der Waals surface area contributed by atoms with E-state index in [9.17, 15) is 5.11 Å². The van der Waals surface area contributed by atoms with Gasteiger partial charge in [0.15, 0.2) is 0 Å². The van der Waals surface area contributed by atoms with Crippen LogP contribution < -0.4 is 4.90 Å². The molecule has 0 aromatic heterocycles. The summed E-state index contributed by atoms with van der Waals surface area (Å²) >= 11 is 0. The van der Waals surface area contributed by atoms with Gasteiger partial charge in [0.25, 0.3) is 0 Å². The Morgan fingerprint density at radius 3 is 2.42 bits per heavy atom. The molecule has 2 heteroatoms. The molecule has 106 valence electrons. The lowest BCUT2D eigenvalue weighted by atomic mass is 9.78. The third kappa shape index (κ3) is 3.11. The van der Waals surface area contributed by atoms with Gasteiger partial charge in [-0.3, -0.25) is 0 Å². The molecule has 1 aliphatic rings. The predicted molar refractivity (Wildman–Crippen MR) is 81.5 cm³/mol. The lowest BCUT2D eigenvalue weighted by Crippen LogP contribution is -2.39. The summed E-state index contributed by atoms with van der Waals surface area (Å²) in [5.74, 6) is 0. The van der Waals surface area contributed by atoms with E-state index in [0.717, 1.165) is 25.1 Å². The smallest absolute Gasteiger partial charge is 0.0807 e. The van der Waals surface area contributed by atoms with E-state index in [1.54, 1.807) is 0 Å². The summed E-state index contributed by atoms with van der Waals surface area (Å²) < 4.78 is 0. The van der Waals surface area contributed by atoms with Crippen molar-refractivity contribution in [3.05, 3.63) is 29.8 Å². The molecule has 1 atom stereocenters. The average Bonchev–Trinajstić information content (AvgIpc) is 2.47. The minimum Gasteiger partial charge on any atom is -0.388 e. The highest BCUT2D eigenvalue weighted by molar-refractivity contribution is 5.55. The van der Waals surface area contributed by atoms with Gasteiger partial charge in [-0.05, 0) is 30.7 Å². The SMILES string of the molecule is CC[C@@H](O)c1ccccc1N1CCC(C)(CC)CC1. The summed E-state index contributed by atoms with van der Waals surface area (Å²) in [5, 5.41) is 10.2. The molecule has 1 saturated heterocycles. The summed E-state index contributed by atoms with van der Waals surface area (Å²) in [4.78, 5) is 2.45. The van der Waals surface area contributed by atoms with Crippen molar-refractivity contribution < 1.29 is 5.11 Å². The van der Waals surface area contributed by atoms with Crippen molar-refractivity contribution >= 4 is 5.69 Å². The zero-order valence-electron chi connectivity index (χ0n) is 12.5. The first-order chi connectivity index (χ1) is 9.09. The van der Waals surface area contributed by atoms with E-state index < -0.39 is 0 Å². The summed E-state index contributed by atoms with van der Waals surface area (Å²) in [6, 6.07) is 8.33. The van der Waals surface area contributed by atoms with Crippen molar-refractivity contribution in [1.82, 2.24) is 0 Å². The minimum absolute atomic E-state index is 0.337. The Labute approximate surface area is 117 Å². The fourth-order valence-corrected chi connectivity index (χ4v) is 2.92. The largest absolute Gasteiger partial charge is 0.388 e. The molecule has 0 amide bonds. The molecule has 19 heavy (non-hydrogen) atoms. The van der Waals surface area contributed by atoms with Crippen molar-refractivity contribution in [3.8, 4) is 0 Å². The van der Waals surface area contributed by atoms with E-state index >= 15 is 0 Å². The van der Waals surface area contributed by atoms with Gasteiger partial charge in [0.2, 0.25) is 0 Å². The second kappa shape index (κ2) is 5.96. The van der Waals surface area contributed by atoms with Crippen LogP contribution in [0.15, 0.2) is 24.3 Å². The molecule has 0 radical (unpaired) electrons. The molecular formula is C17H27NO. The fourth-order valence-electron chi connectivity index (χ4n) is 2.92. The first-order valence-corrected chi connectivity index (χ1v) is 7.61. The van der Waals surface area contributed by atoms with Gasteiger partial charge in [0, 0.05) is 24.3 Å². The predicted octanol–water partition coefficient (Wildman–Crippen LogP) is 4.15. The Kier molecular flexibility index (Phi) is 4.51. The van der Waals surface area contributed by atoms with Crippen LogP contribution in [0.25, 0.3) is 0 Å². The minimum atomic E-state index is -0.337. The van der Waals surface area contributed by atoms with Crippen molar-refractivity contribution in [2.45, 2.75) is 52.6 Å². The van der Waals surface area contributed by atoms with E-state index in [1.807, 2.05) is 13.0 Å². The number of rotatable bonds is 4. The van der Waals surface area contributed by atoms with E-state index in [1.165, 1.54) is 24.9 Å². The third-order valence-electron chi connectivity index (χ3n) is 4.85. The molecule has 0 saturated carbocycles. The summed E-state index contributed by atoms with van der Waals surface area (Å²) in [7, 11) is 0. The van der Waals surface area contributed by atoms with Crippen LogP contribution in [0.3, 0.4) is 0 Å². The molecule has 0 unspecified atom stereocenters. The number of aliphatic hydroxyl groups is 1. The Morgan fingerprint density at radius 1 is 1.21 bits per heavy atom. The standard InChI is InChI=1S/C17H27NO/c1-4-16(19)14-8-6-7-9-15(14)18-12-10-17(3,5-2)11-13-18/h6-9,16,19H,4-5,10-13H2,1-3H3/t16-/m1/s1. The van der Waals surface area contributed by atoms with Crippen LogP contribution in [0.1, 0.15) is 58.1 Å². The van der Waals surface area contributed by atoms with Crippen molar-refractivity contribution in [2.24, 2.45) is 5.41 Å². The van der Waals surface area contributed by atoms with Crippen molar-refractivity contribution in [3.63, 3.8) is 0 Å². The molecule has 1 heterocycles. The number of piperidine rings is 1. The molecule has 0 spiro atoms. The molecule has 1 fully saturated rings. The molecule has 1 aromatic rings. The third-order valence-corrected chi connectivity index (χ3v) is 4.85. The van der Waals surface area contributed by atoms with E-state index in [0.29, 0.717) is 5.41 Å². The van der Waals surface area contributed by atoms with E-state index in [-0.39, 0.29) is 6.10 Å². The number of anilines is 1. The molecule has 0 aliphatic carbocycles. The zero-order valence-corrected chi connectivity index (χ0v) is 12.5. The van der Waals surface area contributed by atoms with Crippen LogP contribution in [0, 0.1) is 5.41 Å². The maximum Gasteiger partial charge on any atom is 0.0807 e. The van der Waals surface area contributed by atoms with Crippen LogP contribution >= 0.6 is 0 Å². The number of benzene rings is 1. The molecule has 0 bridgehead atoms. The first-order valence-electron chi connectivity index (χ1n) is 7.61. The number of nitrogens with zero attached hydrogens (tertiary/aromatic N) is 1. The number of aliphatic hydroxyl groups excluding tert-OH is 1. The number of hydrogen-bond acceptors (Lipinski definition) is 2. The van der Waals surface area contributed by atoms with Gasteiger partial charge >= 0.3 is 0 Å². The topological polar surface area (TPSA) is 23.5 Å². The van der Waals surface area contributed by atoms with Gasteiger partial charge in [-0.15, -0.1) is 0 Å². The van der Waals surface area contributed by atoms with Gasteiger partial charge in [0.1, 0.15) is 0 Å². The van der Waals surface area contributed by atoms with Crippen molar-refractivity contribution in [1.29, 1.82) is 0 Å². The molecule has 2 rings (SSSR count). The zero-order chi connectivity index (χ0) is 13.9. The highest BCUT2D eigenvalue weighted by Gasteiger charge is 2.29. The molecule has 2 nitrogen and oxygen atoms in total. The Hall–Kier alpha value is -1.02. The van der Waals surface area contributed by atoms with Gasteiger partial charge in [-0.2, -0.15) is 0 Å². The Bertz CT molecular complexity index is 407. The highest BCUT2D eigenvalue weighted by Crippen LogP contribution is 2.37. The van der Waals surface area contributed by atoms with Crippen LogP contribution in [-0.2, 0) is 0 Å². The second-order valence-electron chi connectivity index (χ2n) is 6.13. The van der Waals surface area contributed by atoms with Crippen LogP contribution in [0.5, 0.6) is 0 Å². The van der Waals surface area contributed by atoms with E-state index in [4.69, 9.17) is 0 Å². The normalized spacial score (nSPS) is 20.3. The monoisotopic (exact) mass is 261 g/mol. The lowest BCUT2D eigenvalue weighted by Gasteiger charge is -2.41. The first kappa shape index (κ1) is 14.4. The van der Waals surface area contributed by atoms with Gasteiger partial charge in [-0.25, -0.2) is 0 Å². The fraction of sp³-hybridized carbons (Fsp3) is 0.647. The lowest BCUT2D eigenvalue weighted by molar-refractivity contribution is 0.173. The summed E-state index contributed by atoms with van der Waals surface area (Å²) in [5.41, 5.74) is 2.83. The van der Waals surface area contributed by atoms with Crippen molar-refractivity contribution in [2.75, 3.05) is 18.0 Å². The van der Waals surface area contributed by atoms with Gasteiger partial charge in [0.05, 0.1) is 6.10 Å². The average molecular weight is 261 g/mol. The Balaban J connectivity index is 2.15. The van der Waals surface area contributed by atoms with Gasteiger partial charge in [-0.1, -0.05) is 45.4 Å². The van der Waals surface area contributed by atoms with Crippen LogP contribution in [0.2, 0.25) is 0 Å². The highest BCUT2D eigenvalue weighted by atomic mass is 16.3. The van der Waals surface area contributed by atoms with E-state index in [2.05, 4.69) is 36.9 Å². The maximum atomic E-state index is 10.2. The van der Waals surface area contributed by atoms with Crippen LogP contribution in [0.4, 0.5) is 5.69 Å². The number of hydrogen-bond donors (Lipinski definition) is 1. The molecule has 1 N–H and O–H groups in total. The quantitative estimate of drug-likeness (QED) is 0.880. The second-order valence-corrected chi connectivity index (χ2v) is 6.13. The number of para-hydroxylation sites is 1.